The molecule has 0 atom stereocenters. The summed E-state index contributed by atoms with van der Waals surface area (Å²) in [5.41, 5.74) is 0.883. The zero-order valence-corrected chi connectivity index (χ0v) is 13.9. The van der Waals surface area contributed by atoms with Crippen LogP contribution in [0.15, 0.2) is 27.6 Å². The second-order valence-corrected chi connectivity index (χ2v) is 7.61. The van der Waals surface area contributed by atoms with Gasteiger partial charge in [0.2, 0.25) is 15.9 Å². The van der Waals surface area contributed by atoms with Gasteiger partial charge in [0.25, 0.3) is 0 Å². The van der Waals surface area contributed by atoms with E-state index in [1.807, 2.05) is 6.92 Å². The topological polar surface area (TPSA) is 57.7 Å². The van der Waals surface area contributed by atoms with Gasteiger partial charge in [-0.1, -0.05) is 15.9 Å². The van der Waals surface area contributed by atoms with Crippen LogP contribution >= 0.6 is 15.9 Å². The van der Waals surface area contributed by atoms with Crippen molar-refractivity contribution in [2.24, 2.45) is 0 Å². The molecule has 0 aromatic heterocycles. The maximum absolute atomic E-state index is 12.5. The van der Waals surface area contributed by atoms with Gasteiger partial charge in [-0.25, -0.2) is 8.42 Å². The predicted molar refractivity (Wildman–Crippen MR) is 79.9 cm³/mol. The summed E-state index contributed by atoms with van der Waals surface area (Å²) < 4.78 is 27.4. The van der Waals surface area contributed by atoms with Crippen LogP contribution in [0.25, 0.3) is 0 Å². The van der Waals surface area contributed by atoms with Crippen molar-refractivity contribution in [2.75, 3.05) is 26.2 Å². The van der Waals surface area contributed by atoms with Crippen LogP contribution in [-0.2, 0) is 14.8 Å². The summed E-state index contributed by atoms with van der Waals surface area (Å²) in [5, 5.41) is 0. The second kappa shape index (κ2) is 5.83. The molecule has 1 amide bonds. The molecule has 1 aromatic rings. The van der Waals surface area contributed by atoms with Crippen LogP contribution in [0.5, 0.6) is 0 Å². The van der Waals surface area contributed by atoms with Gasteiger partial charge in [0.05, 0.1) is 4.90 Å². The molecule has 0 saturated carbocycles. The third kappa shape index (κ3) is 3.05. The Hall–Kier alpha value is -0.920. The van der Waals surface area contributed by atoms with Gasteiger partial charge in [-0.15, -0.1) is 0 Å². The molecule has 2 rings (SSSR count). The van der Waals surface area contributed by atoms with Crippen molar-refractivity contribution in [1.29, 1.82) is 0 Å². The molecule has 0 N–H and O–H groups in total. The quantitative estimate of drug-likeness (QED) is 0.804. The van der Waals surface area contributed by atoms with E-state index < -0.39 is 10.0 Å². The number of sulfonamides is 1. The average Bonchev–Trinajstić information content (AvgIpc) is 2.41. The normalized spacial score (nSPS) is 17.2. The van der Waals surface area contributed by atoms with Crippen molar-refractivity contribution >= 4 is 31.9 Å². The van der Waals surface area contributed by atoms with Gasteiger partial charge in [-0.2, -0.15) is 4.31 Å². The molecular formula is C13H17BrN2O3S. The highest BCUT2D eigenvalue weighted by molar-refractivity contribution is 9.10. The highest BCUT2D eigenvalue weighted by Crippen LogP contribution is 2.23. The Balaban J connectivity index is 2.19. The van der Waals surface area contributed by atoms with Crippen LogP contribution in [0, 0.1) is 6.92 Å². The van der Waals surface area contributed by atoms with E-state index in [0.717, 1.165) is 10.0 Å². The predicted octanol–water partition coefficient (Wildman–Crippen LogP) is 1.61. The largest absolute Gasteiger partial charge is 0.340 e. The summed E-state index contributed by atoms with van der Waals surface area (Å²) in [7, 11) is -3.48. The zero-order chi connectivity index (χ0) is 14.9. The SMILES string of the molecule is CC(=O)N1CCN(S(=O)(=O)c2ccc(Br)c(C)c2)CC1. The van der Waals surface area contributed by atoms with Crippen LogP contribution < -0.4 is 0 Å². The number of aryl methyl sites for hydroxylation is 1. The lowest BCUT2D eigenvalue weighted by atomic mass is 10.2. The molecule has 1 saturated heterocycles. The minimum atomic E-state index is -3.48. The van der Waals surface area contributed by atoms with Gasteiger partial charge in [0.15, 0.2) is 0 Å². The number of piperazine rings is 1. The van der Waals surface area contributed by atoms with E-state index in [9.17, 15) is 13.2 Å². The van der Waals surface area contributed by atoms with E-state index >= 15 is 0 Å². The first kappa shape index (κ1) is 15.5. The van der Waals surface area contributed by atoms with E-state index in [0.29, 0.717) is 31.1 Å². The average molecular weight is 361 g/mol. The molecule has 0 unspecified atom stereocenters. The van der Waals surface area contributed by atoms with E-state index in [1.165, 1.54) is 11.2 Å². The zero-order valence-electron chi connectivity index (χ0n) is 11.5. The van der Waals surface area contributed by atoms with Crippen LogP contribution in [0.1, 0.15) is 12.5 Å². The molecular weight excluding hydrogens is 344 g/mol. The minimum Gasteiger partial charge on any atom is -0.340 e. The Morgan fingerprint density at radius 1 is 1.20 bits per heavy atom. The van der Waals surface area contributed by atoms with E-state index in [-0.39, 0.29) is 5.91 Å². The molecule has 7 heteroatoms. The summed E-state index contributed by atoms with van der Waals surface area (Å²) in [6.07, 6.45) is 0. The number of halogens is 1. The van der Waals surface area contributed by atoms with Crippen molar-refractivity contribution in [1.82, 2.24) is 9.21 Å². The maximum Gasteiger partial charge on any atom is 0.243 e. The Kier molecular flexibility index (Phi) is 4.51. The molecule has 1 aliphatic rings. The number of rotatable bonds is 2. The summed E-state index contributed by atoms with van der Waals surface area (Å²) in [6, 6.07) is 5.01. The number of amides is 1. The van der Waals surface area contributed by atoms with Crippen LogP contribution in [0.3, 0.4) is 0 Å². The second-order valence-electron chi connectivity index (χ2n) is 4.82. The standard InChI is InChI=1S/C13H17BrN2O3S/c1-10-9-12(3-4-13(10)14)20(18,19)16-7-5-15(6-8-16)11(2)17/h3-4,9H,5-8H2,1-2H3. The van der Waals surface area contributed by atoms with Crippen LogP contribution in [-0.4, -0.2) is 49.7 Å². The summed E-state index contributed by atoms with van der Waals surface area (Å²) in [6.45, 7) is 4.95. The third-order valence-corrected chi connectivity index (χ3v) is 6.24. The Morgan fingerprint density at radius 3 is 2.30 bits per heavy atom. The highest BCUT2D eigenvalue weighted by atomic mass is 79.9. The molecule has 1 heterocycles. The number of carbonyl (C=O) groups excluding carboxylic acids is 1. The lowest BCUT2D eigenvalue weighted by Crippen LogP contribution is -2.49. The first-order valence-corrected chi connectivity index (χ1v) is 8.57. The van der Waals surface area contributed by atoms with Gasteiger partial charge >= 0.3 is 0 Å². The fourth-order valence-electron chi connectivity index (χ4n) is 2.17. The molecule has 1 fully saturated rings. The number of hydrogen-bond acceptors (Lipinski definition) is 3. The summed E-state index contributed by atoms with van der Waals surface area (Å²) >= 11 is 3.36. The van der Waals surface area contributed by atoms with Gasteiger partial charge in [0.1, 0.15) is 0 Å². The molecule has 0 aliphatic carbocycles. The Bertz CT molecular complexity index is 623. The first-order chi connectivity index (χ1) is 9.32. The van der Waals surface area contributed by atoms with Crippen molar-refractivity contribution in [2.45, 2.75) is 18.7 Å². The van der Waals surface area contributed by atoms with Crippen LogP contribution in [0.4, 0.5) is 0 Å². The number of carbonyl (C=O) groups is 1. The summed E-state index contributed by atoms with van der Waals surface area (Å²) in [4.78, 5) is 13.2. The lowest BCUT2D eigenvalue weighted by molar-refractivity contribution is -0.129. The Morgan fingerprint density at radius 2 is 1.80 bits per heavy atom. The Labute approximate surface area is 127 Å². The molecule has 0 bridgehead atoms. The lowest BCUT2D eigenvalue weighted by Gasteiger charge is -2.33. The number of benzene rings is 1. The third-order valence-electron chi connectivity index (χ3n) is 3.45. The minimum absolute atomic E-state index is 0.0125. The van der Waals surface area contributed by atoms with Crippen molar-refractivity contribution in [3.05, 3.63) is 28.2 Å². The van der Waals surface area contributed by atoms with Crippen molar-refractivity contribution < 1.29 is 13.2 Å². The molecule has 1 aromatic carbocycles. The number of nitrogens with zero attached hydrogens (tertiary/aromatic N) is 2. The molecule has 0 spiro atoms. The van der Waals surface area contributed by atoms with E-state index in [2.05, 4.69) is 15.9 Å². The van der Waals surface area contributed by atoms with Gasteiger partial charge in [-0.3, -0.25) is 4.79 Å². The van der Waals surface area contributed by atoms with E-state index in [4.69, 9.17) is 0 Å². The molecule has 0 radical (unpaired) electrons. The first-order valence-electron chi connectivity index (χ1n) is 6.34. The van der Waals surface area contributed by atoms with Crippen molar-refractivity contribution in [3.63, 3.8) is 0 Å². The van der Waals surface area contributed by atoms with Gasteiger partial charge in [-0.05, 0) is 30.7 Å². The molecule has 20 heavy (non-hydrogen) atoms. The molecule has 5 nitrogen and oxygen atoms in total. The maximum atomic E-state index is 12.5. The monoisotopic (exact) mass is 360 g/mol. The summed E-state index contributed by atoms with van der Waals surface area (Å²) in [5.74, 6) is -0.0125. The fraction of sp³-hybridized carbons (Fsp3) is 0.462. The highest BCUT2D eigenvalue weighted by Gasteiger charge is 2.29. The fourth-order valence-corrected chi connectivity index (χ4v) is 3.92. The van der Waals surface area contributed by atoms with Gasteiger partial charge in [0, 0.05) is 37.6 Å². The van der Waals surface area contributed by atoms with Gasteiger partial charge < -0.3 is 4.90 Å². The number of hydrogen-bond donors (Lipinski definition) is 0. The smallest absolute Gasteiger partial charge is 0.243 e. The van der Waals surface area contributed by atoms with Crippen LogP contribution in [0.2, 0.25) is 0 Å². The van der Waals surface area contributed by atoms with E-state index in [1.54, 1.807) is 23.1 Å². The van der Waals surface area contributed by atoms with Crippen molar-refractivity contribution in [3.8, 4) is 0 Å². The molecule has 1 aliphatic heterocycles. The molecule has 110 valence electrons.